The fourth-order valence-corrected chi connectivity index (χ4v) is 3.78. The van der Waals surface area contributed by atoms with Crippen molar-refractivity contribution in [1.82, 2.24) is 5.16 Å². The van der Waals surface area contributed by atoms with Crippen LogP contribution in [0.15, 0.2) is 33.7 Å². The van der Waals surface area contributed by atoms with Crippen LogP contribution in [0.4, 0.5) is 5.69 Å². The molecule has 0 spiro atoms. The number of nitrogens with one attached hydrogen (secondary N) is 1. The quantitative estimate of drug-likeness (QED) is 0.639. The topological polar surface area (TPSA) is 117 Å². The smallest absolute Gasteiger partial charge is 0.295 e. The average molecular weight is 420 g/mol. The molecule has 3 rings (SSSR count). The summed E-state index contributed by atoms with van der Waals surface area (Å²) in [7, 11) is 1.58. The molecule has 0 bridgehead atoms. The van der Waals surface area contributed by atoms with E-state index in [1.54, 1.807) is 45.2 Å². The maximum atomic E-state index is 12.8. The van der Waals surface area contributed by atoms with Gasteiger partial charge in [0, 0.05) is 10.9 Å². The summed E-state index contributed by atoms with van der Waals surface area (Å²) < 4.78 is 16.2. The maximum absolute atomic E-state index is 12.8. The van der Waals surface area contributed by atoms with Crippen LogP contribution in [0.25, 0.3) is 0 Å². The van der Waals surface area contributed by atoms with Crippen molar-refractivity contribution in [3.8, 4) is 11.6 Å². The Labute approximate surface area is 173 Å². The number of benzene rings is 1. The van der Waals surface area contributed by atoms with Crippen LogP contribution in [0.1, 0.15) is 43.7 Å². The molecule has 1 fully saturated rings. The van der Waals surface area contributed by atoms with Crippen molar-refractivity contribution in [1.29, 1.82) is 0 Å². The molecule has 0 unspecified atom stereocenters. The summed E-state index contributed by atoms with van der Waals surface area (Å²) in [4.78, 5) is 24.9. The van der Waals surface area contributed by atoms with Crippen LogP contribution >= 0.6 is 11.8 Å². The summed E-state index contributed by atoms with van der Waals surface area (Å²) >= 11 is 1.52. The second kappa shape index (κ2) is 8.77. The van der Waals surface area contributed by atoms with Gasteiger partial charge in [0.15, 0.2) is 0 Å². The number of aromatic nitrogens is 1. The minimum Gasteiger partial charge on any atom is -0.497 e. The number of hydrogen-bond donors (Lipinski definition) is 2. The van der Waals surface area contributed by atoms with Crippen LogP contribution in [-0.2, 0) is 4.79 Å². The second-order valence-corrected chi connectivity index (χ2v) is 8.85. The van der Waals surface area contributed by atoms with E-state index >= 15 is 0 Å². The third-order valence-corrected chi connectivity index (χ3v) is 6.15. The second-order valence-electron chi connectivity index (χ2n) is 7.54. The Hall–Kier alpha value is -2.68. The number of methoxy groups -OCH3 is 1. The van der Waals surface area contributed by atoms with Gasteiger partial charge in [0.1, 0.15) is 17.3 Å². The molecule has 1 aliphatic carbocycles. The summed E-state index contributed by atoms with van der Waals surface area (Å²) in [6, 6.07) is 6.97. The standard InChI is InChI=1S/C20H25N3O5S/c1-20(2,19(21)25)11-27-18-16(29-14-5-4-6-14)15(28-23-18)17(24)22-12-7-9-13(26-3)10-8-12/h7-10,14H,4-6,11H2,1-3H3,(H2,21,25)(H,22,24). The number of carbonyl (C=O) groups is 2. The number of ether oxygens (including phenoxy) is 2. The highest BCUT2D eigenvalue weighted by Crippen LogP contribution is 2.42. The van der Waals surface area contributed by atoms with E-state index in [2.05, 4.69) is 10.5 Å². The maximum Gasteiger partial charge on any atom is 0.295 e. The Morgan fingerprint density at radius 1 is 1.31 bits per heavy atom. The first-order chi connectivity index (χ1) is 13.8. The highest BCUT2D eigenvalue weighted by atomic mass is 32.2. The molecule has 0 saturated heterocycles. The van der Waals surface area contributed by atoms with Crippen LogP contribution in [0, 0.1) is 5.41 Å². The molecule has 1 heterocycles. The van der Waals surface area contributed by atoms with Crippen molar-refractivity contribution < 1.29 is 23.6 Å². The molecule has 2 aromatic rings. The molecular formula is C20H25N3O5S. The van der Waals surface area contributed by atoms with Gasteiger partial charge < -0.3 is 25.0 Å². The highest BCUT2D eigenvalue weighted by Gasteiger charge is 2.32. The van der Waals surface area contributed by atoms with Crippen molar-refractivity contribution in [2.45, 2.75) is 43.3 Å². The normalized spacial score (nSPS) is 14.2. The van der Waals surface area contributed by atoms with E-state index in [1.807, 2.05) is 0 Å². The monoisotopic (exact) mass is 419 g/mol. The summed E-state index contributed by atoms with van der Waals surface area (Å²) in [5.74, 6) is 0.0810. The van der Waals surface area contributed by atoms with Crippen LogP contribution in [0.5, 0.6) is 11.6 Å². The number of nitrogens with zero attached hydrogens (tertiary/aromatic N) is 1. The average Bonchev–Trinajstić information content (AvgIpc) is 3.06. The van der Waals surface area contributed by atoms with Gasteiger partial charge in [-0.15, -0.1) is 11.8 Å². The van der Waals surface area contributed by atoms with Crippen molar-refractivity contribution in [2.75, 3.05) is 19.0 Å². The first kappa shape index (κ1) is 21.0. The van der Waals surface area contributed by atoms with E-state index in [0.29, 0.717) is 21.6 Å². The number of hydrogen-bond acceptors (Lipinski definition) is 7. The van der Waals surface area contributed by atoms with Crippen molar-refractivity contribution in [2.24, 2.45) is 11.1 Å². The Balaban J connectivity index is 1.78. The molecule has 156 valence electrons. The van der Waals surface area contributed by atoms with Gasteiger partial charge >= 0.3 is 0 Å². The lowest BCUT2D eigenvalue weighted by Gasteiger charge is -2.25. The van der Waals surface area contributed by atoms with Gasteiger partial charge in [-0.25, -0.2) is 0 Å². The Kier molecular flexibility index (Phi) is 6.36. The molecule has 2 amide bonds. The summed E-state index contributed by atoms with van der Waals surface area (Å²) in [5, 5.41) is 7.10. The first-order valence-corrected chi connectivity index (χ1v) is 10.2. The molecule has 1 aromatic carbocycles. The van der Waals surface area contributed by atoms with Gasteiger partial charge in [0.25, 0.3) is 11.8 Å². The number of thioether (sulfide) groups is 1. The van der Waals surface area contributed by atoms with Gasteiger partial charge in [-0.05, 0) is 56.1 Å². The number of rotatable bonds is 9. The fraction of sp³-hybridized carbons (Fsp3) is 0.450. The zero-order valence-corrected chi connectivity index (χ0v) is 17.5. The summed E-state index contributed by atoms with van der Waals surface area (Å²) in [5.41, 5.74) is 5.13. The largest absolute Gasteiger partial charge is 0.497 e. The van der Waals surface area contributed by atoms with Crippen molar-refractivity contribution >= 4 is 29.3 Å². The third-order valence-electron chi connectivity index (χ3n) is 4.75. The van der Waals surface area contributed by atoms with Crippen LogP contribution < -0.4 is 20.5 Å². The Bertz CT molecular complexity index is 875. The number of primary amides is 1. The molecule has 29 heavy (non-hydrogen) atoms. The molecule has 0 atom stereocenters. The molecule has 3 N–H and O–H groups in total. The van der Waals surface area contributed by atoms with Crippen LogP contribution in [0.3, 0.4) is 0 Å². The predicted octanol–water partition coefficient (Wildman–Crippen LogP) is 3.47. The van der Waals surface area contributed by atoms with E-state index < -0.39 is 17.2 Å². The molecule has 0 aliphatic heterocycles. The lowest BCUT2D eigenvalue weighted by molar-refractivity contribution is -0.127. The lowest BCUT2D eigenvalue weighted by Crippen LogP contribution is -2.36. The SMILES string of the molecule is COc1ccc(NC(=O)c2onc(OCC(C)(C)C(N)=O)c2SC2CCC2)cc1. The van der Waals surface area contributed by atoms with E-state index in [9.17, 15) is 9.59 Å². The zero-order chi connectivity index (χ0) is 21.0. The Morgan fingerprint density at radius 3 is 2.55 bits per heavy atom. The first-order valence-electron chi connectivity index (χ1n) is 9.34. The van der Waals surface area contributed by atoms with Gasteiger partial charge in [-0.3, -0.25) is 9.59 Å². The van der Waals surface area contributed by atoms with Gasteiger partial charge in [-0.1, -0.05) is 6.42 Å². The van der Waals surface area contributed by atoms with E-state index in [1.165, 1.54) is 11.8 Å². The number of carbonyl (C=O) groups excluding carboxylic acids is 2. The van der Waals surface area contributed by atoms with Gasteiger partial charge in [0.05, 0.1) is 12.5 Å². The molecular weight excluding hydrogens is 394 g/mol. The summed E-state index contributed by atoms with van der Waals surface area (Å²) in [6.07, 6.45) is 3.27. The Morgan fingerprint density at radius 2 is 2.00 bits per heavy atom. The minimum absolute atomic E-state index is 0.0344. The molecule has 1 saturated carbocycles. The van der Waals surface area contributed by atoms with Crippen LogP contribution in [-0.4, -0.2) is 35.9 Å². The molecule has 1 aliphatic rings. The van der Waals surface area contributed by atoms with Crippen molar-refractivity contribution in [3.05, 3.63) is 30.0 Å². The van der Waals surface area contributed by atoms with E-state index in [4.69, 9.17) is 19.7 Å². The highest BCUT2D eigenvalue weighted by molar-refractivity contribution is 8.00. The third kappa shape index (κ3) is 5.03. The summed E-state index contributed by atoms with van der Waals surface area (Å²) in [6.45, 7) is 3.41. The van der Waals surface area contributed by atoms with Crippen LogP contribution in [0.2, 0.25) is 0 Å². The minimum atomic E-state index is -0.872. The van der Waals surface area contributed by atoms with E-state index in [-0.39, 0.29) is 18.2 Å². The van der Waals surface area contributed by atoms with E-state index in [0.717, 1.165) is 19.3 Å². The zero-order valence-electron chi connectivity index (χ0n) is 16.7. The lowest BCUT2D eigenvalue weighted by atomic mass is 9.94. The molecule has 1 aromatic heterocycles. The predicted molar refractivity (Wildman–Crippen MR) is 109 cm³/mol. The van der Waals surface area contributed by atoms with Gasteiger partial charge in [0.2, 0.25) is 11.7 Å². The number of anilines is 1. The number of amides is 2. The fourth-order valence-electron chi connectivity index (χ4n) is 2.44. The molecule has 9 heteroatoms. The molecule has 8 nitrogen and oxygen atoms in total. The van der Waals surface area contributed by atoms with Gasteiger partial charge in [-0.2, -0.15) is 0 Å². The molecule has 0 radical (unpaired) electrons. The van der Waals surface area contributed by atoms with Crippen molar-refractivity contribution in [3.63, 3.8) is 0 Å². The number of nitrogens with two attached hydrogens (primary N) is 1.